The van der Waals surface area contributed by atoms with Crippen LogP contribution in [0.4, 0.5) is 11.8 Å². The van der Waals surface area contributed by atoms with E-state index in [1.165, 1.54) is 0 Å². The maximum Gasteiger partial charge on any atom is 0.239 e. The molecule has 0 aliphatic carbocycles. The number of amides is 1. The summed E-state index contributed by atoms with van der Waals surface area (Å²) >= 11 is 0. The zero-order valence-corrected chi connectivity index (χ0v) is 9.74. The monoisotopic (exact) mass is 223 g/mol. The summed E-state index contributed by atoms with van der Waals surface area (Å²) in [6.45, 7) is 4.04. The van der Waals surface area contributed by atoms with Crippen LogP contribution in [-0.2, 0) is 4.79 Å². The van der Waals surface area contributed by atoms with Crippen LogP contribution in [0.3, 0.4) is 0 Å². The molecule has 1 aromatic heterocycles. The number of hydrogen-bond acceptors (Lipinski definition) is 5. The fourth-order valence-electron chi connectivity index (χ4n) is 1.12. The Morgan fingerprint density at radius 3 is 2.88 bits per heavy atom. The van der Waals surface area contributed by atoms with E-state index in [9.17, 15) is 4.79 Å². The van der Waals surface area contributed by atoms with Crippen LogP contribution in [0.2, 0.25) is 0 Å². The summed E-state index contributed by atoms with van der Waals surface area (Å²) < 4.78 is 0. The second kappa shape index (κ2) is 5.89. The van der Waals surface area contributed by atoms with Gasteiger partial charge in [0.2, 0.25) is 11.9 Å². The molecule has 1 amide bonds. The molecule has 0 aliphatic rings. The molecule has 0 unspecified atom stereocenters. The Balaban J connectivity index is 2.45. The summed E-state index contributed by atoms with van der Waals surface area (Å²) in [5, 5.41) is 8.53. The van der Waals surface area contributed by atoms with Gasteiger partial charge in [0.15, 0.2) is 0 Å². The summed E-state index contributed by atoms with van der Waals surface area (Å²) in [6, 6.07) is 1.86. The molecule has 6 heteroatoms. The molecule has 1 rings (SSSR count). The molecule has 1 heterocycles. The van der Waals surface area contributed by atoms with Gasteiger partial charge in [-0.05, 0) is 19.9 Å². The van der Waals surface area contributed by atoms with Gasteiger partial charge in [0, 0.05) is 19.3 Å². The van der Waals surface area contributed by atoms with Crippen LogP contribution in [0.5, 0.6) is 0 Å². The normalized spacial score (nSPS) is 10.0. The van der Waals surface area contributed by atoms with Crippen molar-refractivity contribution in [1.29, 1.82) is 0 Å². The van der Waals surface area contributed by atoms with Gasteiger partial charge in [-0.3, -0.25) is 4.79 Å². The molecule has 0 aliphatic heterocycles. The van der Waals surface area contributed by atoms with Crippen LogP contribution in [0.15, 0.2) is 12.3 Å². The summed E-state index contributed by atoms with van der Waals surface area (Å²) in [7, 11) is 1.74. The largest absolute Gasteiger partial charge is 0.361 e. The lowest BCUT2D eigenvalue weighted by molar-refractivity contribution is -0.119. The van der Waals surface area contributed by atoms with Crippen molar-refractivity contribution in [3.05, 3.63) is 12.3 Å². The van der Waals surface area contributed by atoms with Gasteiger partial charge in [0.25, 0.3) is 0 Å². The smallest absolute Gasteiger partial charge is 0.239 e. The molecule has 88 valence electrons. The van der Waals surface area contributed by atoms with Gasteiger partial charge in [-0.2, -0.15) is 4.98 Å². The van der Waals surface area contributed by atoms with Crippen molar-refractivity contribution in [2.45, 2.75) is 19.9 Å². The molecule has 0 saturated heterocycles. The van der Waals surface area contributed by atoms with Gasteiger partial charge in [0.05, 0.1) is 6.54 Å². The molecule has 0 radical (unpaired) electrons. The lowest BCUT2D eigenvalue weighted by Crippen LogP contribution is -2.34. The van der Waals surface area contributed by atoms with Crippen molar-refractivity contribution in [2.24, 2.45) is 0 Å². The molecule has 1 aromatic rings. The third-order valence-electron chi connectivity index (χ3n) is 1.76. The van der Waals surface area contributed by atoms with Crippen molar-refractivity contribution in [3.8, 4) is 0 Å². The number of nitrogens with one attached hydrogen (secondary N) is 3. The maximum absolute atomic E-state index is 11.3. The molecule has 0 fully saturated rings. The molecule has 6 nitrogen and oxygen atoms in total. The molecule has 3 N–H and O–H groups in total. The standard InChI is InChI=1S/C10H17N5O/c1-7(2)14-9(16)6-13-8-4-5-12-10(11-3)15-8/h4-5,7H,6H2,1-3H3,(H,14,16)(H2,11,12,13,15). The predicted molar refractivity (Wildman–Crippen MR) is 63.3 cm³/mol. The van der Waals surface area contributed by atoms with Crippen molar-refractivity contribution in [2.75, 3.05) is 24.2 Å². The molecular weight excluding hydrogens is 206 g/mol. The van der Waals surface area contributed by atoms with Gasteiger partial charge in [-0.15, -0.1) is 0 Å². The Kier molecular flexibility index (Phi) is 4.50. The summed E-state index contributed by atoms with van der Waals surface area (Å²) in [5.41, 5.74) is 0. The highest BCUT2D eigenvalue weighted by Gasteiger charge is 2.03. The minimum Gasteiger partial charge on any atom is -0.361 e. The summed E-state index contributed by atoms with van der Waals surface area (Å²) in [6.07, 6.45) is 1.63. The van der Waals surface area contributed by atoms with E-state index in [1.807, 2.05) is 13.8 Å². The fraction of sp³-hybridized carbons (Fsp3) is 0.500. The first-order valence-electron chi connectivity index (χ1n) is 5.16. The van der Waals surface area contributed by atoms with Gasteiger partial charge in [-0.25, -0.2) is 4.98 Å². The Labute approximate surface area is 94.9 Å². The average Bonchev–Trinajstić information content (AvgIpc) is 2.26. The first-order chi connectivity index (χ1) is 7.61. The Morgan fingerprint density at radius 2 is 2.25 bits per heavy atom. The molecular formula is C10H17N5O. The van der Waals surface area contributed by atoms with Crippen LogP contribution in [0.1, 0.15) is 13.8 Å². The fourth-order valence-corrected chi connectivity index (χ4v) is 1.12. The van der Waals surface area contributed by atoms with E-state index < -0.39 is 0 Å². The highest BCUT2D eigenvalue weighted by atomic mass is 16.1. The molecule has 0 aromatic carbocycles. The second-order valence-electron chi connectivity index (χ2n) is 3.59. The van der Waals surface area contributed by atoms with Crippen molar-refractivity contribution in [1.82, 2.24) is 15.3 Å². The maximum atomic E-state index is 11.3. The quantitative estimate of drug-likeness (QED) is 0.675. The van der Waals surface area contributed by atoms with Crippen molar-refractivity contribution >= 4 is 17.7 Å². The van der Waals surface area contributed by atoms with E-state index in [0.717, 1.165) is 0 Å². The van der Waals surface area contributed by atoms with Crippen LogP contribution in [0, 0.1) is 0 Å². The SMILES string of the molecule is CNc1nccc(NCC(=O)NC(C)C)n1. The van der Waals surface area contributed by atoms with Crippen LogP contribution >= 0.6 is 0 Å². The molecule has 0 spiro atoms. The number of hydrogen-bond donors (Lipinski definition) is 3. The van der Waals surface area contributed by atoms with Gasteiger partial charge >= 0.3 is 0 Å². The molecule has 16 heavy (non-hydrogen) atoms. The molecule has 0 bridgehead atoms. The van der Waals surface area contributed by atoms with Crippen molar-refractivity contribution in [3.63, 3.8) is 0 Å². The Bertz CT molecular complexity index is 353. The number of carbonyl (C=O) groups excluding carboxylic acids is 1. The first kappa shape index (κ1) is 12.2. The summed E-state index contributed by atoms with van der Waals surface area (Å²) in [4.78, 5) is 19.4. The third-order valence-corrected chi connectivity index (χ3v) is 1.76. The van der Waals surface area contributed by atoms with Crippen LogP contribution < -0.4 is 16.0 Å². The lowest BCUT2D eigenvalue weighted by atomic mass is 10.4. The number of nitrogens with zero attached hydrogens (tertiary/aromatic N) is 2. The third kappa shape index (κ3) is 4.12. The van der Waals surface area contributed by atoms with E-state index >= 15 is 0 Å². The minimum absolute atomic E-state index is 0.0559. The van der Waals surface area contributed by atoms with E-state index in [4.69, 9.17) is 0 Å². The van der Waals surface area contributed by atoms with Gasteiger partial charge in [0.1, 0.15) is 5.82 Å². The topological polar surface area (TPSA) is 78.9 Å². The summed E-state index contributed by atoms with van der Waals surface area (Å²) in [5.74, 6) is 1.09. The van der Waals surface area contributed by atoms with Crippen LogP contribution in [-0.4, -0.2) is 35.5 Å². The second-order valence-corrected chi connectivity index (χ2v) is 3.59. The number of anilines is 2. The molecule has 0 saturated carbocycles. The van der Waals surface area contributed by atoms with Gasteiger partial charge in [-0.1, -0.05) is 0 Å². The number of carbonyl (C=O) groups is 1. The lowest BCUT2D eigenvalue weighted by Gasteiger charge is -2.09. The highest BCUT2D eigenvalue weighted by Crippen LogP contribution is 2.03. The average molecular weight is 223 g/mol. The van der Waals surface area contributed by atoms with Gasteiger partial charge < -0.3 is 16.0 Å². The zero-order valence-electron chi connectivity index (χ0n) is 9.74. The van der Waals surface area contributed by atoms with E-state index in [-0.39, 0.29) is 18.5 Å². The zero-order chi connectivity index (χ0) is 12.0. The number of aromatic nitrogens is 2. The minimum atomic E-state index is -0.0559. The van der Waals surface area contributed by atoms with Crippen molar-refractivity contribution < 1.29 is 4.79 Å². The van der Waals surface area contributed by atoms with E-state index in [0.29, 0.717) is 11.8 Å². The Morgan fingerprint density at radius 1 is 1.50 bits per heavy atom. The predicted octanol–water partition coefficient (Wildman–Crippen LogP) is 0.455. The highest BCUT2D eigenvalue weighted by molar-refractivity contribution is 5.80. The number of rotatable bonds is 5. The molecule has 0 atom stereocenters. The Hall–Kier alpha value is -1.85. The van der Waals surface area contributed by atoms with E-state index in [2.05, 4.69) is 25.9 Å². The van der Waals surface area contributed by atoms with E-state index in [1.54, 1.807) is 19.3 Å². The first-order valence-corrected chi connectivity index (χ1v) is 5.16. The van der Waals surface area contributed by atoms with Crippen LogP contribution in [0.25, 0.3) is 0 Å².